The second kappa shape index (κ2) is 7.76. The highest BCUT2D eigenvalue weighted by atomic mass is 35.5. The summed E-state index contributed by atoms with van der Waals surface area (Å²) in [4.78, 5) is 16.6. The number of benzene rings is 1. The number of nitrogens with one attached hydrogen (secondary N) is 2. The van der Waals surface area contributed by atoms with Crippen LogP contribution in [0.15, 0.2) is 28.8 Å². The minimum absolute atomic E-state index is 0.117. The molecule has 2 aliphatic heterocycles. The lowest BCUT2D eigenvalue weighted by Gasteiger charge is -2.28. The molecule has 2 atom stereocenters. The average molecular weight is 375 g/mol. The molecule has 7 heteroatoms. The molecule has 2 fully saturated rings. The number of carbonyl (C=O) groups excluding carboxylic acids is 1. The standard InChI is InChI=1S/C19H23ClN4O2/c20-14-3-1-2-13(11-14)19-23-18(26-24-19)6-7-21-17(25)10-12-8-15-4-5-16(9-12)22-15/h1-3,11-12,15-16,22H,4-10H2,(H,21,25). The van der Waals surface area contributed by atoms with Crippen molar-refractivity contribution in [2.45, 2.75) is 50.6 Å². The van der Waals surface area contributed by atoms with Crippen LogP contribution in [0.5, 0.6) is 0 Å². The molecule has 0 aliphatic carbocycles. The molecule has 1 aromatic carbocycles. The first-order valence-corrected chi connectivity index (χ1v) is 9.65. The predicted molar refractivity (Wildman–Crippen MR) is 98.7 cm³/mol. The van der Waals surface area contributed by atoms with E-state index in [9.17, 15) is 4.79 Å². The fourth-order valence-corrected chi connectivity index (χ4v) is 4.28. The molecule has 4 rings (SSSR count). The molecule has 2 N–H and O–H groups in total. The summed E-state index contributed by atoms with van der Waals surface area (Å²) in [5.74, 6) is 1.65. The molecule has 138 valence electrons. The van der Waals surface area contributed by atoms with E-state index in [2.05, 4.69) is 20.8 Å². The summed E-state index contributed by atoms with van der Waals surface area (Å²) >= 11 is 5.98. The summed E-state index contributed by atoms with van der Waals surface area (Å²) in [6.07, 6.45) is 5.90. The van der Waals surface area contributed by atoms with Crippen molar-refractivity contribution in [1.82, 2.24) is 20.8 Å². The smallest absolute Gasteiger partial charge is 0.228 e. The number of hydrogen-bond acceptors (Lipinski definition) is 5. The van der Waals surface area contributed by atoms with Crippen molar-refractivity contribution >= 4 is 17.5 Å². The van der Waals surface area contributed by atoms with Gasteiger partial charge in [-0.3, -0.25) is 4.79 Å². The van der Waals surface area contributed by atoms with Crippen LogP contribution in [-0.4, -0.2) is 34.7 Å². The van der Waals surface area contributed by atoms with E-state index in [-0.39, 0.29) is 5.91 Å². The predicted octanol–water partition coefficient (Wildman–Crippen LogP) is 2.97. The third kappa shape index (κ3) is 4.24. The molecular weight excluding hydrogens is 352 g/mol. The van der Waals surface area contributed by atoms with Crippen molar-refractivity contribution in [3.8, 4) is 11.4 Å². The van der Waals surface area contributed by atoms with E-state index in [1.165, 1.54) is 12.8 Å². The maximum absolute atomic E-state index is 12.2. The first-order valence-electron chi connectivity index (χ1n) is 9.27. The van der Waals surface area contributed by atoms with E-state index in [1.54, 1.807) is 12.1 Å². The minimum atomic E-state index is 0.117. The summed E-state index contributed by atoms with van der Waals surface area (Å²) in [6, 6.07) is 8.57. The Labute approximate surface area is 157 Å². The van der Waals surface area contributed by atoms with Crippen LogP contribution in [0.3, 0.4) is 0 Å². The van der Waals surface area contributed by atoms with Gasteiger partial charge >= 0.3 is 0 Å². The number of hydrogen-bond donors (Lipinski definition) is 2. The van der Waals surface area contributed by atoms with Crippen LogP contribution >= 0.6 is 11.6 Å². The van der Waals surface area contributed by atoms with Gasteiger partial charge in [-0.05, 0) is 43.7 Å². The van der Waals surface area contributed by atoms with Crippen LogP contribution in [0.25, 0.3) is 11.4 Å². The zero-order valence-electron chi connectivity index (χ0n) is 14.6. The van der Waals surface area contributed by atoms with E-state index in [0.29, 0.717) is 54.1 Å². The van der Waals surface area contributed by atoms with E-state index in [4.69, 9.17) is 16.1 Å². The molecule has 26 heavy (non-hydrogen) atoms. The Hall–Kier alpha value is -1.92. The first-order chi connectivity index (χ1) is 12.7. The molecule has 2 bridgehead atoms. The van der Waals surface area contributed by atoms with Crippen LogP contribution in [0.2, 0.25) is 5.02 Å². The lowest BCUT2D eigenvalue weighted by molar-refractivity contribution is -0.122. The van der Waals surface area contributed by atoms with Gasteiger partial charge < -0.3 is 15.2 Å². The SMILES string of the molecule is O=C(CC1CC2CCC(C1)N2)NCCc1nc(-c2cccc(Cl)c2)no1. The number of halogens is 1. The number of rotatable bonds is 6. The van der Waals surface area contributed by atoms with Gasteiger partial charge in [0.25, 0.3) is 0 Å². The Bertz CT molecular complexity index is 766. The summed E-state index contributed by atoms with van der Waals surface area (Å²) in [7, 11) is 0. The average Bonchev–Trinajstić information content (AvgIpc) is 3.21. The Morgan fingerprint density at radius 1 is 1.31 bits per heavy atom. The molecule has 1 amide bonds. The summed E-state index contributed by atoms with van der Waals surface area (Å²) < 4.78 is 5.26. The van der Waals surface area contributed by atoms with Gasteiger partial charge in [-0.15, -0.1) is 0 Å². The van der Waals surface area contributed by atoms with Gasteiger partial charge in [0.1, 0.15) is 0 Å². The van der Waals surface area contributed by atoms with Gasteiger partial charge in [-0.1, -0.05) is 28.9 Å². The monoisotopic (exact) mass is 374 g/mol. The van der Waals surface area contributed by atoms with Gasteiger partial charge in [-0.25, -0.2) is 0 Å². The topological polar surface area (TPSA) is 80.0 Å². The van der Waals surface area contributed by atoms with Crippen molar-refractivity contribution in [1.29, 1.82) is 0 Å². The van der Waals surface area contributed by atoms with Crippen LogP contribution in [0.1, 0.15) is 38.0 Å². The van der Waals surface area contributed by atoms with Gasteiger partial charge in [0.2, 0.25) is 17.6 Å². The molecule has 2 saturated heterocycles. The minimum Gasteiger partial charge on any atom is -0.356 e. The van der Waals surface area contributed by atoms with Crippen molar-refractivity contribution in [2.24, 2.45) is 5.92 Å². The molecule has 3 heterocycles. The summed E-state index contributed by atoms with van der Waals surface area (Å²) in [5.41, 5.74) is 0.817. The van der Waals surface area contributed by atoms with Gasteiger partial charge in [-0.2, -0.15) is 4.98 Å². The largest absolute Gasteiger partial charge is 0.356 e. The Balaban J connectivity index is 1.23. The van der Waals surface area contributed by atoms with Crippen LogP contribution < -0.4 is 10.6 Å². The molecule has 0 radical (unpaired) electrons. The number of piperidine rings is 1. The third-order valence-electron chi connectivity index (χ3n) is 5.26. The molecule has 2 unspecified atom stereocenters. The fraction of sp³-hybridized carbons (Fsp3) is 0.526. The zero-order chi connectivity index (χ0) is 17.9. The number of carbonyl (C=O) groups is 1. The number of aromatic nitrogens is 2. The number of amides is 1. The molecule has 2 aromatic rings. The first kappa shape index (κ1) is 17.5. The van der Waals surface area contributed by atoms with Crippen LogP contribution in [0, 0.1) is 5.92 Å². The maximum atomic E-state index is 12.2. The highest BCUT2D eigenvalue weighted by Gasteiger charge is 2.34. The molecule has 1 aromatic heterocycles. The van der Waals surface area contributed by atoms with Crippen molar-refractivity contribution < 1.29 is 9.32 Å². The van der Waals surface area contributed by atoms with E-state index in [1.807, 2.05) is 12.1 Å². The Morgan fingerprint density at radius 3 is 2.88 bits per heavy atom. The van der Waals surface area contributed by atoms with Crippen LogP contribution in [-0.2, 0) is 11.2 Å². The van der Waals surface area contributed by atoms with E-state index >= 15 is 0 Å². The zero-order valence-corrected chi connectivity index (χ0v) is 15.3. The van der Waals surface area contributed by atoms with Gasteiger partial charge in [0, 0.05) is 42.1 Å². The number of nitrogens with zero attached hydrogens (tertiary/aromatic N) is 2. The Morgan fingerprint density at radius 2 is 2.12 bits per heavy atom. The second-order valence-electron chi connectivity index (χ2n) is 7.30. The van der Waals surface area contributed by atoms with E-state index in [0.717, 1.165) is 18.4 Å². The van der Waals surface area contributed by atoms with Crippen molar-refractivity contribution in [3.05, 3.63) is 35.2 Å². The fourth-order valence-electron chi connectivity index (χ4n) is 4.09. The van der Waals surface area contributed by atoms with E-state index < -0.39 is 0 Å². The Kier molecular flexibility index (Phi) is 5.22. The quantitative estimate of drug-likeness (QED) is 0.812. The second-order valence-corrected chi connectivity index (χ2v) is 7.74. The normalized spacial score (nSPS) is 24.6. The lowest BCUT2D eigenvalue weighted by atomic mass is 9.89. The maximum Gasteiger partial charge on any atom is 0.228 e. The highest BCUT2D eigenvalue weighted by Crippen LogP contribution is 2.32. The van der Waals surface area contributed by atoms with Crippen LogP contribution in [0.4, 0.5) is 0 Å². The molecular formula is C19H23ClN4O2. The van der Waals surface area contributed by atoms with Gasteiger partial charge in [0.15, 0.2) is 0 Å². The van der Waals surface area contributed by atoms with Crippen molar-refractivity contribution in [3.63, 3.8) is 0 Å². The van der Waals surface area contributed by atoms with Crippen molar-refractivity contribution in [2.75, 3.05) is 6.54 Å². The summed E-state index contributed by atoms with van der Waals surface area (Å²) in [6.45, 7) is 0.508. The summed E-state index contributed by atoms with van der Waals surface area (Å²) in [5, 5.41) is 11.2. The highest BCUT2D eigenvalue weighted by molar-refractivity contribution is 6.30. The molecule has 0 saturated carbocycles. The molecule has 6 nitrogen and oxygen atoms in total. The molecule has 2 aliphatic rings. The third-order valence-corrected chi connectivity index (χ3v) is 5.49. The molecule has 0 spiro atoms. The van der Waals surface area contributed by atoms with Gasteiger partial charge in [0.05, 0.1) is 0 Å². The number of fused-ring (bicyclic) bond motifs is 2. The lowest BCUT2D eigenvalue weighted by Crippen LogP contribution is -2.39.